The minimum Gasteiger partial charge on any atom is -0.338 e. The quantitative estimate of drug-likeness (QED) is 0.632. The number of carbonyl (C=O) groups is 1. The molecule has 1 amide bonds. The Bertz CT molecular complexity index is 681. The fourth-order valence-corrected chi connectivity index (χ4v) is 4.37. The first kappa shape index (κ1) is 23.6. The van der Waals surface area contributed by atoms with Gasteiger partial charge in [0.25, 0.3) is 0 Å². The van der Waals surface area contributed by atoms with Crippen molar-refractivity contribution in [3.05, 3.63) is 23.4 Å². The smallest absolute Gasteiger partial charge is 0.338 e. The molecule has 0 aromatic heterocycles. The van der Waals surface area contributed by atoms with Gasteiger partial charge in [-0.15, -0.1) is 0 Å². The number of aliphatic imine (C=N–C) groups is 1. The standard InChI is InChI=1S/C22H34F3N3O/c1-5-18(22(23,24)25)14-27-13-16(4)17-7-10-28(11-8-17)20(29)21(15(2)3)9-6-19(26)12-21/h7,13-15,18-19H,5-6,8-12,26H2,1-4H3/b16-13+,27-14?/t18?,19?,21-/m0/s1. The second-order valence-corrected chi connectivity index (χ2v) is 8.71. The van der Waals surface area contributed by atoms with Crippen LogP contribution in [0.5, 0.6) is 0 Å². The minimum atomic E-state index is -4.26. The zero-order chi connectivity index (χ0) is 21.8. The average Bonchev–Trinajstić information content (AvgIpc) is 3.06. The van der Waals surface area contributed by atoms with E-state index in [0.717, 1.165) is 36.6 Å². The summed E-state index contributed by atoms with van der Waals surface area (Å²) in [5.74, 6) is -1.10. The molecule has 1 aliphatic carbocycles. The predicted molar refractivity (Wildman–Crippen MR) is 110 cm³/mol. The van der Waals surface area contributed by atoms with Crippen molar-refractivity contribution in [3.8, 4) is 0 Å². The van der Waals surface area contributed by atoms with Crippen molar-refractivity contribution in [1.82, 2.24) is 4.90 Å². The maximum atomic E-state index is 13.3. The second kappa shape index (κ2) is 9.45. The van der Waals surface area contributed by atoms with Crippen LogP contribution in [0, 0.1) is 17.3 Å². The lowest BCUT2D eigenvalue weighted by molar-refractivity contribution is -0.154. The molecule has 0 aromatic carbocycles. The third kappa shape index (κ3) is 5.50. The maximum Gasteiger partial charge on any atom is 0.396 e. The first-order chi connectivity index (χ1) is 13.5. The molecule has 0 bridgehead atoms. The molecule has 1 heterocycles. The number of nitrogens with zero attached hydrogens (tertiary/aromatic N) is 2. The fourth-order valence-electron chi connectivity index (χ4n) is 4.37. The lowest BCUT2D eigenvalue weighted by Gasteiger charge is -2.38. The Morgan fingerprint density at radius 2 is 2.14 bits per heavy atom. The van der Waals surface area contributed by atoms with Crippen molar-refractivity contribution in [2.45, 2.75) is 72.0 Å². The number of halogens is 3. The predicted octanol–water partition coefficient (Wildman–Crippen LogP) is 4.86. The van der Waals surface area contributed by atoms with Gasteiger partial charge in [-0.3, -0.25) is 9.79 Å². The van der Waals surface area contributed by atoms with Gasteiger partial charge in [0.2, 0.25) is 5.91 Å². The number of allylic oxidation sites excluding steroid dienone is 1. The highest BCUT2D eigenvalue weighted by Crippen LogP contribution is 2.45. The van der Waals surface area contributed by atoms with Crippen LogP contribution >= 0.6 is 0 Å². The molecule has 0 radical (unpaired) electrons. The molecule has 7 heteroatoms. The average molecular weight is 414 g/mol. The van der Waals surface area contributed by atoms with E-state index in [1.807, 2.05) is 17.9 Å². The summed E-state index contributed by atoms with van der Waals surface area (Å²) in [4.78, 5) is 19.1. The Morgan fingerprint density at radius 1 is 1.45 bits per heavy atom. The minimum absolute atomic E-state index is 0.0269. The van der Waals surface area contributed by atoms with Gasteiger partial charge >= 0.3 is 6.18 Å². The molecule has 1 saturated carbocycles. The van der Waals surface area contributed by atoms with Gasteiger partial charge in [-0.2, -0.15) is 13.2 Å². The third-order valence-corrected chi connectivity index (χ3v) is 6.52. The van der Waals surface area contributed by atoms with Crippen LogP contribution in [0.1, 0.15) is 59.8 Å². The van der Waals surface area contributed by atoms with E-state index in [-0.39, 0.29) is 29.7 Å². The number of nitrogens with two attached hydrogens (primary N) is 1. The van der Waals surface area contributed by atoms with Crippen LogP contribution in [0.15, 0.2) is 28.4 Å². The van der Waals surface area contributed by atoms with Crippen LogP contribution in [0.4, 0.5) is 13.2 Å². The lowest BCUT2D eigenvalue weighted by Crippen LogP contribution is -2.47. The molecule has 3 atom stereocenters. The maximum absolute atomic E-state index is 13.3. The lowest BCUT2D eigenvalue weighted by atomic mass is 9.74. The van der Waals surface area contributed by atoms with E-state index >= 15 is 0 Å². The Kier molecular flexibility index (Phi) is 7.71. The molecule has 1 fully saturated rings. The van der Waals surface area contributed by atoms with Gasteiger partial charge in [-0.1, -0.05) is 26.8 Å². The largest absolute Gasteiger partial charge is 0.396 e. The Balaban J connectivity index is 2.03. The third-order valence-electron chi connectivity index (χ3n) is 6.52. The van der Waals surface area contributed by atoms with Crippen molar-refractivity contribution in [1.29, 1.82) is 0 Å². The van der Waals surface area contributed by atoms with Gasteiger partial charge in [-0.25, -0.2) is 0 Å². The molecule has 4 nitrogen and oxygen atoms in total. The number of hydrogen-bond acceptors (Lipinski definition) is 3. The summed E-state index contributed by atoms with van der Waals surface area (Å²) in [6.07, 6.45) is 3.30. The Labute approximate surface area is 172 Å². The van der Waals surface area contributed by atoms with Crippen LogP contribution in [0.25, 0.3) is 0 Å². The van der Waals surface area contributed by atoms with E-state index in [0.29, 0.717) is 19.5 Å². The van der Waals surface area contributed by atoms with Crippen molar-refractivity contribution in [2.24, 2.45) is 28.0 Å². The molecule has 0 aromatic rings. The highest BCUT2D eigenvalue weighted by molar-refractivity contribution is 5.84. The van der Waals surface area contributed by atoms with Crippen LogP contribution in [0.2, 0.25) is 0 Å². The molecule has 2 aliphatic rings. The second-order valence-electron chi connectivity index (χ2n) is 8.71. The number of alkyl halides is 3. The fraction of sp³-hybridized carbons (Fsp3) is 0.727. The monoisotopic (exact) mass is 413 g/mol. The van der Waals surface area contributed by atoms with Crippen molar-refractivity contribution in [3.63, 3.8) is 0 Å². The van der Waals surface area contributed by atoms with Gasteiger partial charge in [0.1, 0.15) is 0 Å². The van der Waals surface area contributed by atoms with Gasteiger partial charge in [0.15, 0.2) is 0 Å². The molecule has 2 unspecified atom stereocenters. The number of carbonyl (C=O) groups excluding carboxylic acids is 1. The summed E-state index contributed by atoms with van der Waals surface area (Å²) in [6.45, 7) is 8.67. The first-order valence-corrected chi connectivity index (χ1v) is 10.5. The van der Waals surface area contributed by atoms with Crippen LogP contribution < -0.4 is 5.73 Å². The Hall–Kier alpha value is -1.63. The zero-order valence-electron chi connectivity index (χ0n) is 17.9. The van der Waals surface area contributed by atoms with Crippen LogP contribution in [0.3, 0.4) is 0 Å². The SMILES string of the molecule is CCC(C=N/C=C(\C)C1=CCN(C(=O)[C@@]2(C(C)C)CCC(N)C2)CC1)C(F)(F)F. The molecule has 1 aliphatic heterocycles. The summed E-state index contributed by atoms with van der Waals surface area (Å²) in [6, 6.07) is 0.0870. The number of amides is 1. The summed E-state index contributed by atoms with van der Waals surface area (Å²) < 4.78 is 38.4. The molecule has 164 valence electrons. The normalized spacial score (nSPS) is 27.6. The van der Waals surface area contributed by atoms with E-state index in [1.54, 1.807) is 0 Å². The number of hydrogen-bond donors (Lipinski definition) is 1. The first-order valence-electron chi connectivity index (χ1n) is 10.5. The molecular formula is C22H34F3N3O. The van der Waals surface area contributed by atoms with Gasteiger partial charge in [-0.05, 0) is 56.1 Å². The molecule has 2 N–H and O–H groups in total. The molecule has 0 saturated heterocycles. The van der Waals surface area contributed by atoms with Gasteiger partial charge in [0, 0.05) is 31.5 Å². The zero-order valence-corrected chi connectivity index (χ0v) is 17.9. The van der Waals surface area contributed by atoms with E-state index in [9.17, 15) is 18.0 Å². The summed E-state index contributed by atoms with van der Waals surface area (Å²) in [5, 5.41) is 0. The van der Waals surface area contributed by atoms with Gasteiger partial charge < -0.3 is 10.6 Å². The number of rotatable bonds is 6. The van der Waals surface area contributed by atoms with Crippen LogP contribution in [-0.2, 0) is 4.79 Å². The van der Waals surface area contributed by atoms with Crippen molar-refractivity contribution in [2.75, 3.05) is 13.1 Å². The molecular weight excluding hydrogens is 379 g/mol. The highest BCUT2D eigenvalue weighted by atomic mass is 19.4. The summed E-state index contributed by atoms with van der Waals surface area (Å²) in [5.41, 5.74) is 7.61. The van der Waals surface area contributed by atoms with E-state index in [2.05, 4.69) is 18.8 Å². The summed E-state index contributed by atoms with van der Waals surface area (Å²) in [7, 11) is 0. The summed E-state index contributed by atoms with van der Waals surface area (Å²) >= 11 is 0. The molecule has 0 spiro atoms. The van der Waals surface area contributed by atoms with Crippen LogP contribution in [-0.4, -0.2) is 42.3 Å². The topological polar surface area (TPSA) is 58.7 Å². The molecule has 29 heavy (non-hydrogen) atoms. The van der Waals surface area contributed by atoms with Crippen molar-refractivity contribution >= 4 is 12.1 Å². The van der Waals surface area contributed by atoms with E-state index < -0.39 is 12.1 Å². The highest BCUT2D eigenvalue weighted by Gasteiger charge is 2.48. The van der Waals surface area contributed by atoms with Gasteiger partial charge in [0.05, 0.1) is 11.3 Å². The van der Waals surface area contributed by atoms with E-state index in [1.165, 1.54) is 13.1 Å². The molecule has 2 rings (SSSR count). The van der Waals surface area contributed by atoms with Crippen molar-refractivity contribution < 1.29 is 18.0 Å². The Morgan fingerprint density at radius 3 is 2.59 bits per heavy atom. The van der Waals surface area contributed by atoms with E-state index in [4.69, 9.17) is 5.73 Å².